The Kier molecular flexibility index (Phi) is 3.42. The Hall–Kier alpha value is -0.820. The predicted octanol–water partition coefficient (Wildman–Crippen LogP) is 3.76. The highest BCUT2D eigenvalue weighted by Gasteiger charge is 2.15. The second kappa shape index (κ2) is 4.80. The summed E-state index contributed by atoms with van der Waals surface area (Å²) >= 11 is 0. The highest BCUT2D eigenvalue weighted by molar-refractivity contribution is 5.32. The minimum Gasteiger partial charge on any atom is -0.374 e. The van der Waals surface area contributed by atoms with Crippen molar-refractivity contribution in [3.63, 3.8) is 0 Å². The third-order valence-electron chi connectivity index (χ3n) is 3.41. The zero-order valence-corrected chi connectivity index (χ0v) is 9.75. The molecule has 0 spiro atoms. The molecule has 0 N–H and O–H groups in total. The van der Waals surface area contributed by atoms with Crippen LogP contribution in [0.25, 0.3) is 0 Å². The molecule has 1 saturated carbocycles. The van der Waals surface area contributed by atoms with Crippen LogP contribution in [0.15, 0.2) is 18.2 Å². The van der Waals surface area contributed by atoms with Gasteiger partial charge in [-0.1, -0.05) is 31.0 Å². The first-order valence-electron chi connectivity index (χ1n) is 5.94. The van der Waals surface area contributed by atoms with E-state index in [0.717, 1.165) is 6.61 Å². The molecule has 1 aliphatic rings. The molecule has 15 heavy (non-hydrogen) atoms. The van der Waals surface area contributed by atoms with Crippen LogP contribution in [-0.2, 0) is 11.3 Å². The highest BCUT2D eigenvalue weighted by Crippen LogP contribution is 2.23. The Morgan fingerprint density at radius 2 is 1.73 bits per heavy atom. The summed E-state index contributed by atoms with van der Waals surface area (Å²) in [6, 6.07) is 6.45. The van der Waals surface area contributed by atoms with Gasteiger partial charge in [0.25, 0.3) is 0 Å². The lowest BCUT2D eigenvalue weighted by molar-refractivity contribution is 0.0451. The molecule has 0 aromatic heterocycles. The van der Waals surface area contributed by atoms with Crippen LogP contribution in [0, 0.1) is 13.8 Å². The molecule has 0 radical (unpaired) electrons. The molecule has 0 bridgehead atoms. The molecule has 0 aliphatic heterocycles. The van der Waals surface area contributed by atoms with Crippen LogP contribution >= 0.6 is 0 Å². The first-order valence-corrected chi connectivity index (χ1v) is 5.94. The maximum atomic E-state index is 5.95. The molecule has 1 nitrogen and oxygen atoms in total. The van der Waals surface area contributed by atoms with Gasteiger partial charge in [0, 0.05) is 0 Å². The van der Waals surface area contributed by atoms with E-state index >= 15 is 0 Å². The van der Waals surface area contributed by atoms with E-state index in [2.05, 4.69) is 32.0 Å². The van der Waals surface area contributed by atoms with Crippen molar-refractivity contribution in [2.24, 2.45) is 0 Å². The van der Waals surface area contributed by atoms with Gasteiger partial charge in [0.05, 0.1) is 12.7 Å². The molecule has 1 heteroatoms. The third kappa shape index (κ3) is 2.60. The molecular formula is C14H20O. The van der Waals surface area contributed by atoms with Crippen LogP contribution in [-0.4, -0.2) is 6.10 Å². The Morgan fingerprint density at radius 1 is 1.13 bits per heavy atom. The van der Waals surface area contributed by atoms with Gasteiger partial charge in [-0.25, -0.2) is 0 Å². The summed E-state index contributed by atoms with van der Waals surface area (Å²) in [4.78, 5) is 0. The molecule has 1 aromatic rings. The Labute approximate surface area is 92.5 Å². The SMILES string of the molecule is Cc1cccc(C)c1COC1CCCC1. The van der Waals surface area contributed by atoms with Crippen molar-refractivity contribution >= 4 is 0 Å². The second-order valence-corrected chi connectivity index (χ2v) is 4.59. The first-order chi connectivity index (χ1) is 7.27. The number of benzene rings is 1. The van der Waals surface area contributed by atoms with E-state index in [0.29, 0.717) is 6.10 Å². The molecule has 0 amide bonds. The summed E-state index contributed by atoms with van der Waals surface area (Å²) in [6.45, 7) is 5.13. The summed E-state index contributed by atoms with van der Waals surface area (Å²) in [7, 11) is 0. The van der Waals surface area contributed by atoms with Gasteiger partial charge in [-0.3, -0.25) is 0 Å². The smallest absolute Gasteiger partial charge is 0.0725 e. The fraction of sp³-hybridized carbons (Fsp3) is 0.571. The number of hydrogen-bond donors (Lipinski definition) is 0. The molecule has 1 aromatic carbocycles. The van der Waals surface area contributed by atoms with Gasteiger partial charge < -0.3 is 4.74 Å². The van der Waals surface area contributed by atoms with Crippen molar-refractivity contribution in [3.8, 4) is 0 Å². The maximum Gasteiger partial charge on any atom is 0.0725 e. The summed E-state index contributed by atoms with van der Waals surface area (Å²) in [5, 5.41) is 0. The van der Waals surface area contributed by atoms with E-state index in [9.17, 15) is 0 Å². The van der Waals surface area contributed by atoms with E-state index in [4.69, 9.17) is 4.74 Å². The van der Waals surface area contributed by atoms with Crippen LogP contribution in [0.4, 0.5) is 0 Å². The fourth-order valence-corrected chi connectivity index (χ4v) is 2.33. The summed E-state index contributed by atoms with van der Waals surface area (Å²) in [6.07, 6.45) is 5.72. The van der Waals surface area contributed by atoms with Crippen molar-refractivity contribution in [2.75, 3.05) is 0 Å². The minimum absolute atomic E-state index is 0.518. The summed E-state index contributed by atoms with van der Waals surface area (Å²) in [5.41, 5.74) is 4.09. The molecule has 2 rings (SSSR count). The summed E-state index contributed by atoms with van der Waals surface area (Å²) in [5.74, 6) is 0. The van der Waals surface area contributed by atoms with Gasteiger partial charge in [0.2, 0.25) is 0 Å². The van der Waals surface area contributed by atoms with Gasteiger partial charge in [0.15, 0.2) is 0 Å². The zero-order valence-electron chi connectivity index (χ0n) is 9.75. The topological polar surface area (TPSA) is 9.23 Å². The lowest BCUT2D eigenvalue weighted by Gasteiger charge is -2.14. The zero-order chi connectivity index (χ0) is 10.7. The van der Waals surface area contributed by atoms with E-state index in [1.54, 1.807) is 0 Å². The van der Waals surface area contributed by atoms with Gasteiger partial charge >= 0.3 is 0 Å². The van der Waals surface area contributed by atoms with Gasteiger partial charge in [-0.05, 0) is 43.4 Å². The molecule has 1 aliphatic carbocycles. The van der Waals surface area contributed by atoms with E-state index < -0.39 is 0 Å². The van der Waals surface area contributed by atoms with Crippen molar-refractivity contribution in [1.29, 1.82) is 0 Å². The van der Waals surface area contributed by atoms with Gasteiger partial charge in [-0.15, -0.1) is 0 Å². The largest absolute Gasteiger partial charge is 0.374 e. The third-order valence-corrected chi connectivity index (χ3v) is 3.41. The normalized spacial score (nSPS) is 17.2. The monoisotopic (exact) mass is 204 g/mol. The lowest BCUT2D eigenvalue weighted by atomic mass is 10.0. The molecule has 0 saturated heterocycles. The number of rotatable bonds is 3. The molecule has 0 heterocycles. The number of hydrogen-bond acceptors (Lipinski definition) is 1. The fourth-order valence-electron chi connectivity index (χ4n) is 2.33. The molecule has 0 atom stereocenters. The number of ether oxygens (including phenoxy) is 1. The standard InChI is InChI=1S/C14H20O/c1-11-6-5-7-12(2)14(11)10-15-13-8-3-4-9-13/h5-7,13H,3-4,8-10H2,1-2H3. The van der Waals surface area contributed by atoms with E-state index in [1.165, 1.54) is 42.4 Å². The van der Waals surface area contributed by atoms with Gasteiger partial charge in [-0.2, -0.15) is 0 Å². The lowest BCUT2D eigenvalue weighted by Crippen LogP contribution is -2.08. The van der Waals surface area contributed by atoms with Crippen LogP contribution in [0.5, 0.6) is 0 Å². The van der Waals surface area contributed by atoms with E-state index in [-0.39, 0.29) is 0 Å². The molecule has 0 unspecified atom stereocenters. The highest BCUT2D eigenvalue weighted by atomic mass is 16.5. The minimum atomic E-state index is 0.518. The van der Waals surface area contributed by atoms with Crippen molar-refractivity contribution in [2.45, 2.75) is 52.2 Å². The molecule has 1 fully saturated rings. The Bertz CT molecular complexity index is 304. The Morgan fingerprint density at radius 3 is 2.33 bits per heavy atom. The van der Waals surface area contributed by atoms with Crippen LogP contribution in [0.2, 0.25) is 0 Å². The van der Waals surface area contributed by atoms with Crippen molar-refractivity contribution in [3.05, 3.63) is 34.9 Å². The van der Waals surface area contributed by atoms with Crippen LogP contribution in [0.1, 0.15) is 42.4 Å². The molecular weight excluding hydrogens is 184 g/mol. The molecule has 82 valence electrons. The Balaban J connectivity index is 1.97. The van der Waals surface area contributed by atoms with Crippen molar-refractivity contribution in [1.82, 2.24) is 0 Å². The van der Waals surface area contributed by atoms with Crippen LogP contribution < -0.4 is 0 Å². The first kappa shape index (κ1) is 10.7. The van der Waals surface area contributed by atoms with E-state index in [1.807, 2.05) is 0 Å². The number of aryl methyl sites for hydroxylation is 2. The van der Waals surface area contributed by atoms with Gasteiger partial charge in [0.1, 0.15) is 0 Å². The maximum absolute atomic E-state index is 5.95. The quantitative estimate of drug-likeness (QED) is 0.728. The second-order valence-electron chi connectivity index (χ2n) is 4.59. The average Bonchev–Trinajstić information content (AvgIpc) is 2.70. The predicted molar refractivity (Wildman–Crippen MR) is 63.0 cm³/mol. The van der Waals surface area contributed by atoms with Crippen molar-refractivity contribution < 1.29 is 4.74 Å². The summed E-state index contributed by atoms with van der Waals surface area (Å²) < 4.78 is 5.95. The van der Waals surface area contributed by atoms with Crippen LogP contribution in [0.3, 0.4) is 0 Å². The average molecular weight is 204 g/mol.